The largest absolute Gasteiger partial charge is 0.555 e. The summed E-state index contributed by atoms with van der Waals surface area (Å²) in [6.07, 6.45) is 4.91. The predicted octanol–water partition coefficient (Wildman–Crippen LogP) is 3.68. The van der Waals surface area contributed by atoms with Crippen LogP contribution in [0.2, 0.25) is 5.82 Å². The minimum atomic E-state index is -0.773. The second-order valence-corrected chi connectivity index (χ2v) is 8.55. The van der Waals surface area contributed by atoms with Crippen molar-refractivity contribution in [1.29, 1.82) is 5.41 Å². The normalized spacial score (nSPS) is 13.0. The number of benzene rings is 1. The lowest BCUT2D eigenvalue weighted by atomic mass is 9.75. The van der Waals surface area contributed by atoms with Gasteiger partial charge in [0.1, 0.15) is 18.8 Å². The Balaban J connectivity index is 2.98. The summed E-state index contributed by atoms with van der Waals surface area (Å²) >= 11 is 0. The number of rotatable bonds is 18. The van der Waals surface area contributed by atoms with E-state index in [2.05, 4.69) is 18.5 Å². The third-order valence-corrected chi connectivity index (χ3v) is 5.24. The molecule has 1 radical (unpaired) electrons. The molecule has 0 aliphatic carbocycles. The van der Waals surface area contributed by atoms with Gasteiger partial charge in [-0.05, 0) is 42.9 Å². The summed E-state index contributed by atoms with van der Waals surface area (Å²) in [5.41, 5.74) is 0.851. The van der Waals surface area contributed by atoms with Gasteiger partial charge in [0.15, 0.2) is 5.78 Å². The first-order valence-corrected chi connectivity index (χ1v) is 11.6. The molecule has 2 N–H and O–H groups in total. The molecule has 0 aliphatic heterocycles. The fourth-order valence-corrected chi connectivity index (χ4v) is 3.50. The predicted molar refractivity (Wildman–Crippen MR) is 137 cm³/mol. The minimum Gasteiger partial charge on any atom is -0.555 e. The van der Waals surface area contributed by atoms with E-state index in [9.17, 15) is 14.4 Å². The van der Waals surface area contributed by atoms with E-state index in [-0.39, 0.29) is 18.1 Å². The first-order valence-electron chi connectivity index (χ1n) is 11.6. The second-order valence-electron chi connectivity index (χ2n) is 8.55. The van der Waals surface area contributed by atoms with Crippen LogP contribution < -0.4 is 10.1 Å². The maximum atomic E-state index is 13.2. The lowest BCUT2D eigenvalue weighted by Gasteiger charge is -2.24. The molecule has 0 heterocycles. The number of hydrogen-bond donors (Lipinski definition) is 2. The van der Waals surface area contributed by atoms with Crippen molar-refractivity contribution in [1.82, 2.24) is 5.32 Å². The zero-order valence-electron chi connectivity index (χ0n) is 20.8. The molecule has 1 rings (SSSR count). The zero-order valence-corrected chi connectivity index (χ0v) is 20.8. The molecule has 1 amide bonds. The van der Waals surface area contributed by atoms with E-state index in [1.807, 2.05) is 26.0 Å². The number of Topliss-reactive ketones (excluding diaryl/α,β-unsaturated/α-hetero) is 1. The van der Waals surface area contributed by atoms with E-state index in [4.69, 9.17) is 19.5 Å². The molecule has 0 aromatic heterocycles. The average Bonchev–Trinajstić information content (AvgIpc) is 2.84. The number of ketones is 1. The Morgan fingerprint density at radius 3 is 2.37 bits per heavy atom. The number of hydrogen-bond acceptors (Lipinski definition) is 7. The Bertz CT molecular complexity index is 856. The Kier molecular flexibility index (Phi) is 13.8. The minimum absolute atomic E-state index is 0.0616. The fraction of sp³-hybridized carbons (Fsp3) is 0.462. The molecule has 0 spiro atoms. The second kappa shape index (κ2) is 16.3. The van der Waals surface area contributed by atoms with Crippen molar-refractivity contribution in [3.63, 3.8) is 0 Å². The average molecular weight is 483 g/mol. The fourth-order valence-electron chi connectivity index (χ4n) is 3.50. The SMILES string of the molecule is C=CCOc1ccc(C[C@H]([B]OC=N)C(=O)N[C@@H](CC(C)C)C(=O)CC(CC=C)C(=O)OC)cc1. The third kappa shape index (κ3) is 11.1. The summed E-state index contributed by atoms with van der Waals surface area (Å²) in [5, 5.41) is 9.98. The van der Waals surface area contributed by atoms with Gasteiger partial charge in [0, 0.05) is 6.42 Å². The van der Waals surface area contributed by atoms with Crippen LogP contribution in [0.1, 0.15) is 38.7 Å². The Hall–Kier alpha value is -3.36. The summed E-state index contributed by atoms with van der Waals surface area (Å²) in [5.74, 6) is -1.74. The van der Waals surface area contributed by atoms with Crippen molar-refractivity contribution in [2.75, 3.05) is 13.7 Å². The van der Waals surface area contributed by atoms with Gasteiger partial charge in [0.05, 0.1) is 24.9 Å². The molecule has 189 valence electrons. The van der Waals surface area contributed by atoms with E-state index in [1.54, 1.807) is 24.3 Å². The van der Waals surface area contributed by atoms with E-state index in [1.165, 1.54) is 14.6 Å². The summed E-state index contributed by atoms with van der Waals surface area (Å²) in [7, 11) is 2.55. The van der Waals surface area contributed by atoms with Crippen molar-refractivity contribution < 1.29 is 28.5 Å². The van der Waals surface area contributed by atoms with Gasteiger partial charge in [-0.15, -0.1) is 6.58 Å². The van der Waals surface area contributed by atoms with Gasteiger partial charge in [-0.2, -0.15) is 0 Å². The molecule has 8 nitrogen and oxygen atoms in total. The van der Waals surface area contributed by atoms with Crippen LogP contribution in [0.15, 0.2) is 49.6 Å². The van der Waals surface area contributed by atoms with E-state index < -0.39 is 29.7 Å². The van der Waals surface area contributed by atoms with Crippen LogP contribution in [0, 0.1) is 17.2 Å². The lowest BCUT2D eigenvalue weighted by Crippen LogP contribution is -2.45. The number of carbonyl (C=O) groups is 3. The van der Waals surface area contributed by atoms with Gasteiger partial charge < -0.3 is 19.4 Å². The molecule has 0 saturated carbocycles. The molecular weight excluding hydrogens is 447 g/mol. The highest BCUT2D eigenvalue weighted by Gasteiger charge is 2.31. The van der Waals surface area contributed by atoms with Gasteiger partial charge in [0.25, 0.3) is 0 Å². The summed E-state index contributed by atoms with van der Waals surface area (Å²) in [6, 6.07) is 6.49. The number of amides is 1. The van der Waals surface area contributed by atoms with Crippen LogP contribution in [0.25, 0.3) is 0 Å². The number of ether oxygens (including phenoxy) is 2. The van der Waals surface area contributed by atoms with Crippen LogP contribution in [0.3, 0.4) is 0 Å². The molecule has 1 aromatic carbocycles. The van der Waals surface area contributed by atoms with Gasteiger partial charge in [-0.3, -0.25) is 19.8 Å². The molecule has 35 heavy (non-hydrogen) atoms. The van der Waals surface area contributed by atoms with Crippen LogP contribution in [-0.2, 0) is 30.2 Å². The van der Waals surface area contributed by atoms with Crippen molar-refractivity contribution >= 4 is 31.5 Å². The van der Waals surface area contributed by atoms with E-state index >= 15 is 0 Å². The van der Waals surface area contributed by atoms with E-state index in [0.29, 0.717) is 31.6 Å². The van der Waals surface area contributed by atoms with Gasteiger partial charge >= 0.3 is 13.5 Å². The van der Waals surface area contributed by atoms with Crippen molar-refractivity contribution in [2.45, 2.75) is 51.4 Å². The molecule has 0 bridgehead atoms. The number of esters is 1. The first kappa shape index (κ1) is 29.7. The Morgan fingerprint density at radius 2 is 1.83 bits per heavy atom. The molecule has 0 saturated heterocycles. The van der Waals surface area contributed by atoms with Gasteiger partial charge in [-0.25, -0.2) is 0 Å². The van der Waals surface area contributed by atoms with Crippen molar-refractivity contribution in [2.24, 2.45) is 11.8 Å². The highest BCUT2D eigenvalue weighted by atomic mass is 16.5. The summed E-state index contributed by atoms with van der Waals surface area (Å²) in [4.78, 5) is 38.3. The number of carbonyl (C=O) groups excluding carboxylic acids is 3. The van der Waals surface area contributed by atoms with Crippen LogP contribution >= 0.6 is 0 Å². The molecule has 0 fully saturated rings. The highest BCUT2D eigenvalue weighted by molar-refractivity contribution is 6.39. The van der Waals surface area contributed by atoms with E-state index in [0.717, 1.165) is 12.0 Å². The molecule has 1 unspecified atom stereocenters. The van der Waals surface area contributed by atoms with Gasteiger partial charge in [0.2, 0.25) is 5.91 Å². The Labute approximate surface area is 208 Å². The quantitative estimate of drug-likeness (QED) is 0.108. The smallest absolute Gasteiger partial charge is 0.384 e. The number of methoxy groups -OCH3 is 1. The maximum Gasteiger partial charge on any atom is 0.384 e. The van der Waals surface area contributed by atoms with Crippen LogP contribution in [0.4, 0.5) is 0 Å². The topological polar surface area (TPSA) is 115 Å². The molecule has 0 aliphatic rings. The first-order chi connectivity index (χ1) is 16.7. The molecule has 1 aromatic rings. The highest BCUT2D eigenvalue weighted by Crippen LogP contribution is 2.20. The summed E-state index contributed by atoms with van der Waals surface area (Å²) < 4.78 is 15.3. The lowest BCUT2D eigenvalue weighted by molar-refractivity contribution is -0.147. The number of allylic oxidation sites excluding steroid dienone is 1. The third-order valence-electron chi connectivity index (χ3n) is 5.24. The van der Waals surface area contributed by atoms with Crippen molar-refractivity contribution in [3.05, 3.63) is 55.1 Å². The Morgan fingerprint density at radius 1 is 1.14 bits per heavy atom. The zero-order chi connectivity index (χ0) is 26.2. The molecular formula is C26H36BN2O6. The summed E-state index contributed by atoms with van der Waals surface area (Å²) in [6.45, 7) is 11.5. The van der Waals surface area contributed by atoms with Crippen LogP contribution in [-0.4, -0.2) is 51.3 Å². The van der Waals surface area contributed by atoms with Crippen molar-refractivity contribution in [3.8, 4) is 5.75 Å². The maximum absolute atomic E-state index is 13.2. The monoisotopic (exact) mass is 483 g/mol. The van der Waals surface area contributed by atoms with Crippen LogP contribution in [0.5, 0.6) is 5.75 Å². The van der Waals surface area contributed by atoms with Gasteiger partial charge in [-0.1, -0.05) is 44.7 Å². The molecule has 9 heteroatoms. The molecule has 3 atom stereocenters. The standard InChI is InChI=1S/C26H36BN2O6/c1-6-8-20(26(32)33-5)16-24(30)23(14-18(3)4)29-25(31)22(27-35-17-28)15-19-9-11-21(12-10-19)34-13-7-2/h6-7,9-12,17-18,20,22-23,28H,1-2,8,13-16H2,3-5H3,(H,29,31)/t20?,22-,23-/m0/s1. The number of nitrogens with one attached hydrogen (secondary N) is 2.